The molecule has 0 aliphatic carbocycles. The molecule has 1 saturated heterocycles. The molecule has 31 heavy (non-hydrogen) atoms. The Bertz CT molecular complexity index is 948. The maximum Gasteiger partial charge on any atom is 0.251 e. The summed E-state index contributed by atoms with van der Waals surface area (Å²) in [7, 11) is 0. The first-order valence-electron chi connectivity index (χ1n) is 10.5. The highest BCUT2D eigenvalue weighted by Gasteiger charge is 2.29. The van der Waals surface area contributed by atoms with Crippen LogP contribution in [0.3, 0.4) is 0 Å². The molecule has 2 aliphatic heterocycles. The summed E-state index contributed by atoms with van der Waals surface area (Å²) in [5.41, 5.74) is 8.31. The van der Waals surface area contributed by atoms with Crippen LogP contribution < -0.4 is 16.0 Å². The Morgan fingerprint density at radius 1 is 1.26 bits per heavy atom. The second-order valence-corrected chi connectivity index (χ2v) is 9.44. The van der Waals surface area contributed by atoms with E-state index in [1.54, 1.807) is 29.2 Å². The average Bonchev–Trinajstić information content (AvgIpc) is 2.91. The zero-order chi connectivity index (χ0) is 21.8. The zero-order valence-corrected chi connectivity index (χ0v) is 18.8. The normalized spacial score (nSPS) is 21.4. The van der Waals surface area contributed by atoms with E-state index in [9.17, 15) is 9.59 Å². The number of carbonyl (C=O) groups excluding carboxylic acids is 2. The maximum absolute atomic E-state index is 13.0. The number of amides is 2. The molecule has 4 rings (SSSR count). The molecule has 3 N–H and O–H groups in total. The van der Waals surface area contributed by atoms with Crippen LogP contribution in [0.1, 0.15) is 28.8 Å². The fourth-order valence-electron chi connectivity index (χ4n) is 3.80. The van der Waals surface area contributed by atoms with Crippen molar-refractivity contribution in [3.63, 3.8) is 0 Å². The Labute approximate surface area is 191 Å². The molecule has 6 nitrogen and oxygen atoms in total. The molecular weight excluding hydrogens is 434 g/mol. The third-order valence-corrected chi connectivity index (χ3v) is 7.01. The van der Waals surface area contributed by atoms with E-state index in [4.69, 9.17) is 22.1 Å². The number of anilines is 1. The first-order valence-corrected chi connectivity index (χ1v) is 11.8. The number of hydrogen-bond donors (Lipinski definition) is 2. The van der Waals surface area contributed by atoms with Gasteiger partial charge >= 0.3 is 0 Å². The van der Waals surface area contributed by atoms with Gasteiger partial charge in [-0.05, 0) is 54.7 Å². The van der Waals surface area contributed by atoms with Gasteiger partial charge in [0.1, 0.15) is 0 Å². The molecule has 0 saturated carbocycles. The molecule has 164 valence electrons. The molecule has 2 amide bonds. The van der Waals surface area contributed by atoms with Gasteiger partial charge in [-0.1, -0.05) is 23.7 Å². The van der Waals surface area contributed by atoms with E-state index in [-0.39, 0.29) is 11.8 Å². The van der Waals surface area contributed by atoms with Crippen molar-refractivity contribution in [1.29, 1.82) is 0 Å². The molecule has 2 aromatic carbocycles. The number of hydrogen-bond acceptors (Lipinski definition) is 5. The van der Waals surface area contributed by atoms with Crippen LogP contribution in [0.15, 0.2) is 47.4 Å². The summed E-state index contributed by atoms with van der Waals surface area (Å²) in [5, 5.41) is 3.65. The van der Waals surface area contributed by atoms with E-state index in [1.165, 1.54) is 11.8 Å². The minimum atomic E-state index is -0.603. The van der Waals surface area contributed by atoms with Gasteiger partial charge in [-0.25, -0.2) is 0 Å². The van der Waals surface area contributed by atoms with E-state index in [1.807, 2.05) is 18.2 Å². The molecule has 2 aliphatic rings. The maximum atomic E-state index is 13.0. The predicted molar refractivity (Wildman–Crippen MR) is 124 cm³/mol. The average molecular weight is 460 g/mol. The molecule has 0 aromatic heterocycles. The van der Waals surface area contributed by atoms with Crippen molar-refractivity contribution in [3.8, 4) is 0 Å². The van der Waals surface area contributed by atoms with Crippen LogP contribution in [-0.2, 0) is 16.1 Å². The SMILES string of the molecule is N[C@H]1CSc2ccc(C(=O)NCC3CCCOC3)cc2N(Cc2ccc(Cl)cc2)C1=O. The van der Waals surface area contributed by atoms with Gasteiger partial charge in [-0.3, -0.25) is 9.59 Å². The van der Waals surface area contributed by atoms with Gasteiger partial charge in [-0.15, -0.1) is 11.8 Å². The number of thioether (sulfide) groups is 1. The third-order valence-electron chi connectivity index (χ3n) is 5.57. The fourth-order valence-corrected chi connectivity index (χ4v) is 4.91. The van der Waals surface area contributed by atoms with E-state index in [0.717, 1.165) is 29.9 Å². The molecule has 8 heteroatoms. The van der Waals surface area contributed by atoms with Crippen molar-refractivity contribution < 1.29 is 14.3 Å². The monoisotopic (exact) mass is 459 g/mol. The van der Waals surface area contributed by atoms with E-state index in [2.05, 4.69) is 5.32 Å². The summed E-state index contributed by atoms with van der Waals surface area (Å²) < 4.78 is 5.49. The van der Waals surface area contributed by atoms with Crippen LogP contribution in [0, 0.1) is 5.92 Å². The lowest BCUT2D eigenvalue weighted by Crippen LogP contribution is -2.44. The number of fused-ring (bicyclic) bond motifs is 1. The Hall–Kier alpha value is -2.06. The molecule has 0 radical (unpaired) electrons. The molecular formula is C23H26ClN3O3S. The van der Waals surface area contributed by atoms with Crippen LogP contribution in [-0.4, -0.2) is 43.4 Å². The van der Waals surface area contributed by atoms with Crippen LogP contribution in [0.5, 0.6) is 0 Å². The van der Waals surface area contributed by atoms with Gasteiger partial charge in [0.15, 0.2) is 0 Å². The van der Waals surface area contributed by atoms with Crippen molar-refractivity contribution in [2.75, 3.05) is 30.4 Å². The van der Waals surface area contributed by atoms with E-state index in [0.29, 0.717) is 47.6 Å². The highest BCUT2D eigenvalue weighted by atomic mass is 35.5. The van der Waals surface area contributed by atoms with Crippen molar-refractivity contribution >= 4 is 40.9 Å². The summed E-state index contributed by atoms with van der Waals surface area (Å²) >= 11 is 7.54. The summed E-state index contributed by atoms with van der Waals surface area (Å²) in [6.45, 7) is 2.43. The molecule has 1 fully saturated rings. The topological polar surface area (TPSA) is 84.7 Å². The van der Waals surface area contributed by atoms with Gasteiger partial charge < -0.3 is 20.7 Å². The molecule has 1 unspecified atom stereocenters. The number of halogens is 1. The number of nitrogens with two attached hydrogens (primary N) is 1. The first-order chi connectivity index (χ1) is 15.0. The smallest absolute Gasteiger partial charge is 0.251 e. The van der Waals surface area contributed by atoms with Crippen molar-refractivity contribution in [1.82, 2.24) is 5.32 Å². The Morgan fingerprint density at radius 2 is 2.06 bits per heavy atom. The van der Waals surface area contributed by atoms with Crippen molar-refractivity contribution in [2.24, 2.45) is 11.7 Å². The van der Waals surface area contributed by atoms with Crippen molar-refractivity contribution in [3.05, 3.63) is 58.6 Å². The van der Waals surface area contributed by atoms with Gasteiger partial charge in [0.25, 0.3) is 5.91 Å². The minimum Gasteiger partial charge on any atom is -0.381 e. The number of carbonyl (C=O) groups is 2. The van der Waals surface area contributed by atoms with Crippen LogP contribution in [0.25, 0.3) is 0 Å². The van der Waals surface area contributed by atoms with Crippen LogP contribution >= 0.6 is 23.4 Å². The van der Waals surface area contributed by atoms with Gasteiger partial charge in [-0.2, -0.15) is 0 Å². The minimum absolute atomic E-state index is 0.147. The summed E-state index contributed by atoms with van der Waals surface area (Å²) in [5.74, 6) is 0.537. The lowest BCUT2D eigenvalue weighted by Gasteiger charge is -2.25. The summed E-state index contributed by atoms with van der Waals surface area (Å²) in [6, 6.07) is 12.3. The second kappa shape index (κ2) is 10.0. The highest BCUT2D eigenvalue weighted by molar-refractivity contribution is 7.99. The quantitative estimate of drug-likeness (QED) is 0.715. The number of nitrogens with one attached hydrogen (secondary N) is 1. The Kier molecular flexibility index (Phi) is 7.17. The molecule has 0 bridgehead atoms. The number of ether oxygens (including phenoxy) is 1. The van der Waals surface area contributed by atoms with Crippen molar-refractivity contribution in [2.45, 2.75) is 30.3 Å². The lowest BCUT2D eigenvalue weighted by atomic mass is 10.0. The molecule has 0 spiro atoms. The second-order valence-electron chi connectivity index (χ2n) is 7.94. The summed E-state index contributed by atoms with van der Waals surface area (Å²) in [6.07, 6.45) is 2.08. The summed E-state index contributed by atoms with van der Waals surface area (Å²) in [4.78, 5) is 28.5. The third kappa shape index (κ3) is 5.41. The molecule has 2 atom stereocenters. The molecule has 2 heterocycles. The standard InChI is InChI=1S/C23H26ClN3O3S/c24-18-6-3-15(4-7-18)12-27-20-10-17(5-8-21(20)31-14-19(25)23(27)29)22(28)26-11-16-2-1-9-30-13-16/h3-8,10,16,19H,1-2,9,11-14,25H2,(H,26,28)/t16?,19-/m0/s1. The van der Waals surface area contributed by atoms with Crippen LogP contribution in [0.4, 0.5) is 5.69 Å². The van der Waals surface area contributed by atoms with Gasteiger partial charge in [0.2, 0.25) is 5.91 Å². The predicted octanol–water partition coefficient (Wildman–Crippen LogP) is 3.46. The molecule has 2 aromatic rings. The Morgan fingerprint density at radius 3 is 2.81 bits per heavy atom. The highest BCUT2D eigenvalue weighted by Crippen LogP contribution is 2.36. The van der Waals surface area contributed by atoms with Gasteiger partial charge in [0.05, 0.1) is 24.9 Å². The number of benzene rings is 2. The largest absolute Gasteiger partial charge is 0.381 e. The fraction of sp³-hybridized carbons (Fsp3) is 0.391. The van der Waals surface area contributed by atoms with E-state index >= 15 is 0 Å². The number of rotatable bonds is 5. The first kappa shape index (κ1) is 22.1. The van der Waals surface area contributed by atoms with Gasteiger partial charge in [0, 0.05) is 34.4 Å². The number of nitrogens with zero attached hydrogens (tertiary/aromatic N) is 1. The van der Waals surface area contributed by atoms with E-state index < -0.39 is 6.04 Å². The zero-order valence-electron chi connectivity index (χ0n) is 17.2. The van der Waals surface area contributed by atoms with Crippen LogP contribution in [0.2, 0.25) is 5.02 Å². The lowest BCUT2D eigenvalue weighted by molar-refractivity contribution is -0.119. The Balaban J connectivity index is 1.56.